The van der Waals surface area contributed by atoms with E-state index in [1.807, 2.05) is 6.07 Å². The van der Waals surface area contributed by atoms with Crippen LogP contribution >= 0.6 is 15.9 Å². The van der Waals surface area contributed by atoms with E-state index in [0.29, 0.717) is 29.3 Å². The van der Waals surface area contributed by atoms with Gasteiger partial charge in [-0.1, -0.05) is 0 Å². The van der Waals surface area contributed by atoms with Crippen molar-refractivity contribution in [1.29, 1.82) is 0 Å². The van der Waals surface area contributed by atoms with E-state index in [2.05, 4.69) is 36.2 Å². The number of ether oxygens (including phenoxy) is 1. The van der Waals surface area contributed by atoms with Gasteiger partial charge in [0.05, 0.1) is 24.0 Å². The number of anilines is 1. The molecule has 1 aliphatic rings. The number of halogens is 1. The van der Waals surface area contributed by atoms with Crippen molar-refractivity contribution in [2.24, 2.45) is 0 Å². The van der Waals surface area contributed by atoms with E-state index in [9.17, 15) is 15.3 Å². The predicted octanol–water partition coefficient (Wildman–Crippen LogP) is 0.405. The highest BCUT2D eigenvalue weighted by molar-refractivity contribution is 9.10. The smallest absolute Gasteiger partial charge is 0.167 e. The second kappa shape index (κ2) is 6.93. The number of furan rings is 1. The molecule has 4 atom stereocenters. The van der Waals surface area contributed by atoms with E-state index in [1.54, 1.807) is 6.26 Å². The van der Waals surface area contributed by atoms with Gasteiger partial charge in [-0.25, -0.2) is 15.0 Å². The molecular weight excluding hydrogens is 410 g/mol. The monoisotopic (exact) mass is 425 g/mol. The van der Waals surface area contributed by atoms with Crippen LogP contribution < -0.4 is 5.32 Å². The number of hydrogen-bond donors (Lipinski definition) is 4. The number of aromatic nitrogens is 4. The van der Waals surface area contributed by atoms with Crippen molar-refractivity contribution in [3.05, 3.63) is 35.2 Å². The molecule has 0 bridgehead atoms. The topological polar surface area (TPSA) is 139 Å². The highest BCUT2D eigenvalue weighted by Gasteiger charge is 2.44. The Kier molecular flexibility index (Phi) is 4.63. The number of nitrogens with zero attached hydrogens (tertiary/aromatic N) is 4. The number of rotatable bonds is 5. The Bertz CT molecular complexity index is 915. The molecule has 4 rings (SSSR count). The van der Waals surface area contributed by atoms with E-state index < -0.39 is 31.1 Å². The van der Waals surface area contributed by atoms with Crippen molar-refractivity contribution < 1.29 is 24.5 Å². The average Bonchev–Trinajstić information content (AvgIpc) is 3.32. The minimum Gasteiger partial charge on any atom is -0.466 e. The standard InChI is InChI=1S/C15H16BrN5O5/c16-7-1-8(25-4-7)2-17-13-10-14(19-5-18-13)21(6-20-10)15-12(24)11(23)9(3-22)26-15/h1,4-6,9,11-12,15,22-24H,2-3H2,(H,17,18,19)/t9-,11-,12+,15-/m1/s1. The number of imidazole rings is 1. The summed E-state index contributed by atoms with van der Waals surface area (Å²) in [5.74, 6) is 1.21. The molecule has 1 saturated heterocycles. The molecular formula is C15H16BrN5O5. The summed E-state index contributed by atoms with van der Waals surface area (Å²) < 4.78 is 13.2. The first-order valence-electron chi connectivity index (χ1n) is 7.85. The molecule has 0 aliphatic carbocycles. The fraction of sp³-hybridized carbons (Fsp3) is 0.400. The fourth-order valence-electron chi connectivity index (χ4n) is 2.89. The van der Waals surface area contributed by atoms with Crippen molar-refractivity contribution in [1.82, 2.24) is 19.5 Å². The lowest BCUT2D eigenvalue weighted by Crippen LogP contribution is -2.33. The maximum atomic E-state index is 10.2. The average molecular weight is 426 g/mol. The second-order valence-electron chi connectivity index (χ2n) is 5.86. The molecule has 4 N–H and O–H groups in total. The first-order valence-corrected chi connectivity index (χ1v) is 8.64. The maximum absolute atomic E-state index is 10.2. The molecule has 11 heteroatoms. The molecule has 0 aromatic carbocycles. The normalized spacial score (nSPS) is 25.8. The summed E-state index contributed by atoms with van der Waals surface area (Å²) in [5.41, 5.74) is 0.911. The van der Waals surface area contributed by atoms with E-state index in [-0.39, 0.29) is 0 Å². The molecule has 4 heterocycles. The summed E-state index contributed by atoms with van der Waals surface area (Å²) in [6, 6.07) is 1.84. The molecule has 0 amide bonds. The van der Waals surface area contributed by atoms with Gasteiger partial charge < -0.3 is 29.8 Å². The fourth-order valence-corrected chi connectivity index (χ4v) is 3.24. The lowest BCUT2D eigenvalue weighted by atomic mass is 10.1. The van der Waals surface area contributed by atoms with E-state index >= 15 is 0 Å². The Morgan fingerprint density at radius 1 is 1.23 bits per heavy atom. The molecule has 0 spiro atoms. The van der Waals surface area contributed by atoms with Gasteiger partial charge in [0.2, 0.25) is 0 Å². The van der Waals surface area contributed by atoms with Crippen LogP contribution in [0.5, 0.6) is 0 Å². The SMILES string of the molecule is OC[C@H]1O[C@@H](n2cnc3c(NCc4cc(Br)co4)ncnc32)[C@@H](O)[C@@H]1O. The van der Waals surface area contributed by atoms with Crippen LogP contribution in [0.25, 0.3) is 11.2 Å². The Balaban J connectivity index is 1.61. The maximum Gasteiger partial charge on any atom is 0.167 e. The summed E-state index contributed by atoms with van der Waals surface area (Å²) in [5, 5.41) is 32.5. The van der Waals surface area contributed by atoms with E-state index in [4.69, 9.17) is 9.15 Å². The van der Waals surface area contributed by atoms with Gasteiger partial charge in [0.25, 0.3) is 0 Å². The molecule has 0 radical (unpaired) electrons. The molecule has 26 heavy (non-hydrogen) atoms. The summed E-state index contributed by atoms with van der Waals surface area (Å²) >= 11 is 3.32. The molecule has 0 unspecified atom stereocenters. The molecule has 1 aliphatic heterocycles. The third-order valence-electron chi connectivity index (χ3n) is 4.20. The Morgan fingerprint density at radius 2 is 2.08 bits per heavy atom. The van der Waals surface area contributed by atoms with Crippen LogP contribution in [-0.4, -0.2) is 59.8 Å². The van der Waals surface area contributed by atoms with Gasteiger partial charge in [0.15, 0.2) is 23.2 Å². The van der Waals surface area contributed by atoms with Crippen LogP contribution in [0.15, 0.2) is 33.9 Å². The molecule has 10 nitrogen and oxygen atoms in total. The summed E-state index contributed by atoms with van der Waals surface area (Å²) in [7, 11) is 0. The minimum atomic E-state index is -1.21. The van der Waals surface area contributed by atoms with Crippen LogP contribution in [0.2, 0.25) is 0 Å². The van der Waals surface area contributed by atoms with Gasteiger partial charge in [-0.2, -0.15) is 0 Å². The van der Waals surface area contributed by atoms with E-state index in [0.717, 1.165) is 4.47 Å². The third-order valence-corrected chi connectivity index (χ3v) is 4.62. The van der Waals surface area contributed by atoms with Gasteiger partial charge >= 0.3 is 0 Å². The van der Waals surface area contributed by atoms with Crippen LogP contribution in [0, 0.1) is 0 Å². The first kappa shape index (κ1) is 17.4. The highest BCUT2D eigenvalue weighted by Crippen LogP contribution is 2.32. The lowest BCUT2D eigenvalue weighted by molar-refractivity contribution is -0.0511. The van der Waals surface area contributed by atoms with Gasteiger partial charge in [0, 0.05) is 0 Å². The Hall–Kier alpha value is -2.05. The zero-order chi connectivity index (χ0) is 18.3. The number of fused-ring (bicyclic) bond motifs is 1. The zero-order valence-electron chi connectivity index (χ0n) is 13.4. The summed E-state index contributed by atoms with van der Waals surface area (Å²) in [6.45, 7) is 0.000278. The number of nitrogens with one attached hydrogen (secondary N) is 1. The Labute approximate surface area is 155 Å². The quantitative estimate of drug-likeness (QED) is 0.457. The molecule has 3 aromatic rings. The number of aliphatic hydroxyl groups excluding tert-OH is 3. The summed E-state index contributed by atoms with van der Waals surface area (Å²) in [4.78, 5) is 12.7. The third kappa shape index (κ3) is 2.97. The minimum absolute atomic E-state index is 0.401. The van der Waals surface area contributed by atoms with Crippen molar-refractivity contribution in [2.75, 3.05) is 11.9 Å². The number of hydrogen-bond acceptors (Lipinski definition) is 9. The molecule has 0 saturated carbocycles. The highest BCUT2D eigenvalue weighted by atomic mass is 79.9. The number of aliphatic hydroxyl groups is 3. The van der Waals surface area contributed by atoms with Gasteiger partial charge in [-0.05, 0) is 22.0 Å². The lowest BCUT2D eigenvalue weighted by Gasteiger charge is -2.16. The van der Waals surface area contributed by atoms with Gasteiger partial charge in [0.1, 0.15) is 36.7 Å². The molecule has 3 aromatic heterocycles. The summed E-state index contributed by atoms with van der Waals surface area (Å²) in [6.07, 6.45) is 0.218. The predicted molar refractivity (Wildman–Crippen MR) is 92.1 cm³/mol. The van der Waals surface area contributed by atoms with Gasteiger partial charge in [-0.3, -0.25) is 4.57 Å². The van der Waals surface area contributed by atoms with Crippen LogP contribution in [0.1, 0.15) is 12.0 Å². The van der Waals surface area contributed by atoms with Crippen molar-refractivity contribution in [3.8, 4) is 0 Å². The van der Waals surface area contributed by atoms with Crippen molar-refractivity contribution >= 4 is 32.9 Å². The van der Waals surface area contributed by atoms with Crippen LogP contribution in [0.3, 0.4) is 0 Å². The van der Waals surface area contributed by atoms with Gasteiger partial charge in [-0.15, -0.1) is 0 Å². The van der Waals surface area contributed by atoms with Crippen LogP contribution in [0.4, 0.5) is 5.82 Å². The first-order chi connectivity index (χ1) is 12.6. The zero-order valence-corrected chi connectivity index (χ0v) is 14.9. The van der Waals surface area contributed by atoms with Crippen molar-refractivity contribution in [3.63, 3.8) is 0 Å². The second-order valence-corrected chi connectivity index (χ2v) is 6.78. The van der Waals surface area contributed by atoms with Crippen molar-refractivity contribution in [2.45, 2.75) is 31.1 Å². The van der Waals surface area contributed by atoms with E-state index in [1.165, 1.54) is 17.2 Å². The molecule has 138 valence electrons. The van der Waals surface area contributed by atoms with Crippen LogP contribution in [-0.2, 0) is 11.3 Å². The Morgan fingerprint density at radius 3 is 2.77 bits per heavy atom. The molecule has 1 fully saturated rings. The largest absolute Gasteiger partial charge is 0.466 e.